The van der Waals surface area contributed by atoms with Gasteiger partial charge in [0, 0.05) is 6.61 Å². The summed E-state index contributed by atoms with van der Waals surface area (Å²) in [5, 5.41) is 0. The minimum atomic E-state index is -0.359. The predicted octanol–water partition coefficient (Wildman–Crippen LogP) is 0.411. The molecule has 0 aromatic heterocycles. The van der Waals surface area contributed by atoms with Gasteiger partial charge in [0.2, 0.25) is 9.92 Å². The average Bonchev–Trinajstić information content (AvgIpc) is 1.89. The molecule has 3 heteroatoms. The number of unbranched alkanes of at least 4 members (excludes halogenated alkanes) is 1. The van der Waals surface area contributed by atoms with Crippen molar-refractivity contribution in [2.75, 3.05) is 13.2 Å². The smallest absolute Gasteiger partial charge is 0.235 e. The summed E-state index contributed by atoms with van der Waals surface area (Å²) in [6, 6.07) is 0. The highest BCUT2D eigenvalue weighted by atomic mass is 28.2. The van der Waals surface area contributed by atoms with Gasteiger partial charge in [-0.25, -0.2) is 0 Å². The third-order valence-corrected chi connectivity index (χ3v) is 2.29. The third kappa shape index (κ3) is 8.14. The largest absolute Gasteiger partial charge is 0.409 e. The van der Waals surface area contributed by atoms with Crippen LogP contribution in [0.1, 0.15) is 26.7 Å². The second-order valence-electron chi connectivity index (χ2n) is 2.01. The normalized spacial score (nSPS) is 11.3. The number of hydrogen-bond acceptors (Lipinski definition) is 2. The zero-order valence-electron chi connectivity index (χ0n) is 6.44. The van der Waals surface area contributed by atoms with E-state index in [4.69, 9.17) is 4.43 Å². The molecule has 0 aliphatic heterocycles. The van der Waals surface area contributed by atoms with Crippen molar-refractivity contribution in [2.24, 2.45) is 0 Å². The summed E-state index contributed by atoms with van der Waals surface area (Å²) in [4.78, 5) is 3.22. The predicted molar refractivity (Wildman–Crippen MR) is 43.1 cm³/mol. The van der Waals surface area contributed by atoms with Gasteiger partial charge in [-0.2, -0.15) is 0 Å². The van der Waals surface area contributed by atoms with Gasteiger partial charge in [0.15, 0.2) is 0 Å². The van der Waals surface area contributed by atoms with Crippen LogP contribution in [0.4, 0.5) is 0 Å². The molecular formula is C6H17NOSi. The van der Waals surface area contributed by atoms with Crippen molar-refractivity contribution in [2.45, 2.75) is 26.7 Å². The molecule has 0 saturated heterocycles. The highest BCUT2D eigenvalue weighted by molar-refractivity contribution is 6.23. The lowest BCUT2D eigenvalue weighted by Gasteiger charge is -2.00. The molecular weight excluding hydrogens is 130 g/mol. The van der Waals surface area contributed by atoms with E-state index in [2.05, 4.69) is 18.8 Å². The van der Waals surface area contributed by atoms with Gasteiger partial charge < -0.3 is 9.41 Å². The maximum Gasteiger partial charge on any atom is 0.235 e. The van der Waals surface area contributed by atoms with Crippen LogP contribution in [0.5, 0.6) is 0 Å². The topological polar surface area (TPSA) is 21.3 Å². The standard InChI is InChI=1S/C6H17NOSi/c1-3-5-6-8-9-7-4-2/h7H,3-6,9H2,1-2H3. The molecule has 0 aromatic carbocycles. The molecule has 0 amide bonds. The zero-order chi connectivity index (χ0) is 6.95. The average molecular weight is 147 g/mol. The van der Waals surface area contributed by atoms with E-state index < -0.39 is 0 Å². The Hall–Kier alpha value is 0.137. The van der Waals surface area contributed by atoms with E-state index in [9.17, 15) is 0 Å². The summed E-state index contributed by atoms with van der Waals surface area (Å²) in [5.41, 5.74) is 0. The summed E-state index contributed by atoms with van der Waals surface area (Å²) in [6.45, 7) is 6.29. The Morgan fingerprint density at radius 1 is 1.44 bits per heavy atom. The zero-order valence-corrected chi connectivity index (χ0v) is 7.86. The molecule has 0 aliphatic carbocycles. The van der Waals surface area contributed by atoms with Gasteiger partial charge in [0.05, 0.1) is 0 Å². The lowest BCUT2D eigenvalue weighted by atomic mass is 10.4. The second kappa shape index (κ2) is 8.14. The van der Waals surface area contributed by atoms with E-state index >= 15 is 0 Å². The second-order valence-corrected chi connectivity index (χ2v) is 3.21. The SMILES string of the molecule is CCCCO[SiH2]NCC. The van der Waals surface area contributed by atoms with Crippen molar-refractivity contribution in [3.05, 3.63) is 0 Å². The quantitative estimate of drug-likeness (QED) is 0.434. The van der Waals surface area contributed by atoms with Gasteiger partial charge in [0.25, 0.3) is 0 Å². The van der Waals surface area contributed by atoms with Crippen LogP contribution in [0.25, 0.3) is 0 Å². The molecule has 0 spiro atoms. The van der Waals surface area contributed by atoms with E-state index in [1.54, 1.807) is 0 Å². The number of nitrogens with one attached hydrogen (secondary N) is 1. The van der Waals surface area contributed by atoms with Crippen molar-refractivity contribution in [1.82, 2.24) is 4.98 Å². The first-order chi connectivity index (χ1) is 4.41. The Kier molecular flexibility index (Phi) is 8.26. The molecule has 2 nitrogen and oxygen atoms in total. The fourth-order valence-electron chi connectivity index (χ4n) is 0.493. The van der Waals surface area contributed by atoms with E-state index in [1.807, 2.05) is 0 Å². The van der Waals surface area contributed by atoms with E-state index in [-0.39, 0.29) is 9.92 Å². The van der Waals surface area contributed by atoms with Crippen molar-refractivity contribution in [3.8, 4) is 0 Å². The van der Waals surface area contributed by atoms with Gasteiger partial charge in [0.1, 0.15) is 0 Å². The molecule has 0 saturated carbocycles. The van der Waals surface area contributed by atoms with E-state index in [0.29, 0.717) is 0 Å². The van der Waals surface area contributed by atoms with Crippen LogP contribution in [0, 0.1) is 0 Å². The molecule has 0 heterocycles. The van der Waals surface area contributed by atoms with Gasteiger partial charge in [-0.15, -0.1) is 0 Å². The van der Waals surface area contributed by atoms with Crippen LogP contribution in [-0.2, 0) is 4.43 Å². The molecule has 0 bridgehead atoms. The molecule has 9 heavy (non-hydrogen) atoms. The highest BCUT2D eigenvalue weighted by Gasteiger charge is 1.84. The number of hydrogen-bond donors (Lipinski definition) is 1. The van der Waals surface area contributed by atoms with E-state index in [0.717, 1.165) is 13.2 Å². The lowest BCUT2D eigenvalue weighted by molar-refractivity contribution is 0.320. The first-order valence-corrected chi connectivity index (χ1v) is 4.98. The summed E-state index contributed by atoms with van der Waals surface area (Å²) >= 11 is 0. The van der Waals surface area contributed by atoms with Crippen LogP contribution < -0.4 is 4.98 Å². The Morgan fingerprint density at radius 3 is 2.78 bits per heavy atom. The maximum absolute atomic E-state index is 5.34. The molecule has 0 atom stereocenters. The van der Waals surface area contributed by atoms with Crippen LogP contribution >= 0.6 is 0 Å². The van der Waals surface area contributed by atoms with Gasteiger partial charge in [-0.05, 0) is 13.0 Å². The molecule has 0 aliphatic rings. The Bertz CT molecular complexity index is 46.3. The lowest BCUT2D eigenvalue weighted by Crippen LogP contribution is -2.21. The first kappa shape index (κ1) is 9.14. The van der Waals surface area contributed by atoms with Crippen molar-refractivity contribution in [1.29, 1.82) is 0 Å². The van der Waals surface area contributed by atoms with Gasteiger partial charge in [-0.1, -0.05) is 20.3 Å². The molecule has 0 fully saturated rings. The molecule has 0 aromatic rings. The summed E-state index contributed by atoms with van der Waals surface area (Å²) in [5.74, 6) is 0. The summed E-state index contributed by atoms with van der Waals surface area (Å²) < 4.78 is 5.34. The molecule has 0 rings (SSSR count). The molecule has 0 unspecified atom stereocenters. The summed E-state index contributed by atoms with van der Waals surface area (Å²) in [6.07, 6.45) is 2.44. The highest BCUT2D eigenvalue weighted by Crippen LogP contribution is 1.84. The van der Waals surface area contributed by atoms with Crippen LogP contribution in [0.15, 0.2) is 0 Å². The molecule has 0 radical (unpaired) electrons. The van der Waals surface area contributed by atoms with Crippen molar-refractivity contribution < 1.29 is 4.43 Å². The molecule has 1 N–H and O–H groups in total. The fourth-order valence-corrected chi connectivity index (χ4v) is 1.19. The minimum Gasteiger partial charge on any atom is -0.409 e. The molecule has 56 valence electrons. The Balaban J connectivity index is 2.60. The Labute approximate surface area is 60.0 Å². The maximum atomic E-state index is 5.34. The van der Waals surface area contributed by atoms with E-state index in [1.165, 1.54) is 12.8 Å². The monoisotopic (exact) mass is 147 g/mol. The van der Waals surface area contributed by atoms with Crippen LogP contribution in [0.2, 0.25) is 0 Å². The Morgan fingerprint density at radius 2 is 2.22 bits per heavy atom. The summed E-state index contributed by atoms with van der Waals surface area (Å²) in [7, 11) is -0.359. The van der Waals surface area contributed by atoms with Gasteiger partial charge >= 0.3 is 0 Å². The van der Waals surface area contributed by atoms with Gasteiger partial charge in [-0.3, -0.25) is 0 Å². The van der Waals surface area contributed by atoms with Crippen LogP contribution in [-0.4, -0.2) is 23.1 Å². The minimum absolute atomic E-state index is 0.359. The fraction of sp³-hybridized carbons (Fsp3) is 1.00. The number of rotatable bonds is 6. The van der Waals surface area contributed by atoms with Crippen molar-refractivity contribution >= 4 is 9.92 Å². The third-order valence-electron chi connectivity index (χ3n) is 1.10. The first-order valence-electron chi connectivity index (χ1n) is 3.70. The van der Waals surface area contributed by atoms with Crippen LogP contribution in [0.3, 0.4) is 0 Å². The van der Waals surface area contributed by atoms with Crippen molar-refractivity contribution in [3.63, 3.8) is 0 Å².